The molecule has 0 saturated carbocycles. The van der Waals surface area contributed by atoms with Gasteiger partial charge >= 0.3 is 0 Å². The topological polar surface area (TPSA) is 59.4 Å². The summed E-state index contributed by atoms with van der Waals surface area (Å²) in [4.78, 5) is 17.4. The van der Waals surface area contributed by atoms with Crippen molar-refractivity contribution in [1.29, 1.82) is 0 Å². The van der Waals surface area contributed by atoms with E-state index in [0.29, 0.717) is 16.3 Å². The Morgan fingerprint density at radius 3 is 2.30 bits per heavy atom. The minimum Gasteiger partial charge on any atom is -0.508 e. The number of halogens is 1. The number of aliphatic hydroxyl groups is 1. The Kier molecular flexibility index (Phi) is 4.69. The molecule has 1 aliphatic rings. The van der Waals surface area contributed by atoms with E-state index in [4.69, 9.17) is 16.3 Å². The van der Waals surface area contributed by atoms with Crippen LogP contribution in [-0.4, -0.2) is 27.1 Å². The molecule has 4 nitrogen and oxygen atoms in total. The molecule has 3 rings (SSSR count). The molecule has 2 heterocycles. The number of pyridine rings is 1. The number of rotatable bonds is 2. The van der Waals surface area contributed by atoms with E-state index in [2.05, 4.69) is 4.98 Å². The number of ketones is 1. The number of aromatic nitrogens is 1. The van der Waals surface area contributed by atoms with Gasteiger partial charge in [-0.25, -0.2) is 4.98 Å². The third-order valence-corrected chi connectivity index (χ3v) is 5.17. The van der Waals surface area contributed by atoms with Crippen molar-refractivity contribution in [3.05, 3.63) is 58.1 Å². The van der Waals surface area contributed by atoms with Crippen molar-refractivity contribution in [2.45, 2.75) is 52.7 Å². The Balaban J connectivity index is 2.24. The molecule has 2 aromatic rings. The van der Waals surface area contributed by atoms with Gasteiger partial charge in [0.15, 0.2) is 5.78 Å². The predicted octanol–water partition coefficient (Wildman–Crippen LogP) is 5.44. The van der Waals surface area contributed by atoms with Gasteiger partial charge in [-0.3, -0.25) is 4.79 Å². The highest BCUT2D eigenvalue weighted by molar-refractivity contribution is 6.29. The first-order chi connectivity index (χ1) is 12.4. The van der Waals surface area contributed by atoms with Crippen LogP contribution in [0.1, 0.15) is 44.5 Å². The summed E-state index contributed by atoms with van der Waals surface area (Å²) in [5.74, 6) is -0.274. The smallest absolute Gasteiger partial charge is 0.198 e. The number of hydrogen-bond acceptors (Lipinski definition) is 4. The molecule has 142 valence electrons. The zero-order chi connectivity index (χ0) is 20.1. The third-order valence-electron chi connectivity index (χ3n) is 4.96. The van der Waals surface area contributed by atoms with E-state index in [9.17, 15) is 9.90 Å². The average molecular weight is 386 g/mol. The van der Waals surface area contributed by atoms with Crippen LogP contribution in [0.2, 0.25) is 5.15 Å². The van der Waals surface area contributed by atoms with Gasteiger partial charge in [-0.05, 0) is 76.4 Å². The Morgan fingerprint density at radius 1 is 1.00 bits per heavy atom. The Morgan fingerprint density at radius 2 is 1.67 bits per heavy atom. The summed E-state index contributed by atoms with van der Waals surface area (Å²) < 4.78 is 5.84. The Bertz CT molecular complexity index is 974. The van der Waals surface area contributed by atoms with Crippen molar-refractivity contribution < 1.29 is 14.6 Å². The maximum Gasteiger partial charge on any atom is 0.198 e. The number of nitrogens with zero attached hydrogens (tertiary/aromatic N) is 1. The lowest BCUT2D eigenvalue weighted by Crippen LogP contribution is -2.49. The van der Waals surface area contributed by atoms with E-state index < -0.39 is 11.2 Å². The minimum atomic E-state index is -1.02. The molecule has 0 amide bonds. The summed E-state index contributed by atoms with van der Waals surface area (Å²) in [5.41, 5.74) is 2.59. The second-order valence-corrected chi connectivity index (χ2v) is 8.36. The zero-order valence-electron chi connectivity index (χ0n) is 16.5. The van der Waals surface area contributed by atoms with Gasteiger partial charge in [0, 0.05) is 11.3 Å². The first-order valence-corrected chi connectivity index (χ1v) is 9.25. The van der Waals surface area contributed by atoms with Crippen molar-refractivity contribution in [2.24, 2.45) is 0 Å². The molecule has 1 aromatic heterocycles. The molecule has 0 radical (unpaired) electrons. The van der Waals surface area contributed by atoms with Gasteiger partial charge in [0.2, 0.25) is 0 Å². The number of hydrogen-bond donors (Lipinski definition) is 1. The van der Waals surface area contributed by atoms with Gasteiger partial charge in [-0.15, -0.1) is 0 Å². The summed E-state index contributed by atoms with van der Waals surface area (Å²) in [5, 5.41) is 11.3. The minimum absolute atomic E-state index is 0.0435. The number of aryl methyl sites for hydroxylation is 2. The van der Waals surface area contributed by atoms with E-state index >= 15 is 0 Å². The molecule has 0 atom stereocenters. The quantitative estimate of drug-likeness (QED) is 0.699. The van der Waals surface area contributed by atoms with Crippen LogP contribution in [0.4, 0.5) is 0 Å². The van der Waals surface area contributed by atoms with Crippen molar-refractivity contribution >= 4 is 23.0 Å². The van der Waals surface area contributed by atoms with Crippen molar-refractivity contribution in [1.82, 2.24) is 4.98 Å². The van der Waals surface area contributed by atoms with Crippen LogP contribution in [0.15, 0.2) is 36.1 Å². The Labute approximate surface area is 164 Å². The summed E-state index contributed by atoms with van der Waals surface area (Å²) in [6.07, 6.45) is 0. The van der Waals surface area contributed by atoms with E-state index in [-0.39, 0.29) is 11.5 Å². The van der Waals surface area contributed by atoms with E-state index in [1.54, 1.807) is 33.8 Å². The van der Waals surface area contributed by atoms with E-state index in [1.165, 1.54) is 0 Å². The van der Waals surface area contributed by atoms with Gasteiger partial charge in [-0.2, -0.15) is 0 Å². The molecule has 0 unspecified atom stereocenters. The normalized spacial score (nSPS) is 18.7. The van der Waals surface area contributed by atoms with Gasteiger partial charge in [0.25, 0.3) is 0 Å². The van der Waals surface area contributed by atoms with E-state index in [1.807, 2.05) is 38.1 Å². The molecule has 0 fully saturated rings. The predicted molar refractivity (Wildman–Crippen MR) is 108 cm³/mol. The zero-order valence-corrected chi connectivity index (χ0v) is 17.2. The van der Waals surface area contributed by atoms with Crippen LogP contribution >= 0.6 is 11.6 Å². The second-order valence-electron chi connectivity index (χ2n) is 7.97. The number of carbonyl (C=O) groups excluding carboxylic acids is 1. The molecule has 1 aliphatic heterocycles. The van der Waals surface area contributed by atoms with Crippen molar-refractivity contribution in [2.75, 3.05) is 0 Å². The second kappa shape index (κ2) is 6.47. The summed E-state index contributed by atoms with van der Waals surface area (Å²) >= 11 is 5.97. The number of Topliss-reactive ketones (excluding diaryl/α,β-unsaturated/α-hetero) is 1. The number of aliphatic hydroxyl groups excluding tert-OH is 1. The molecule has 0 spiro atoms. The lowest BCUT2D eigenvalue weighted by molar-refractivity contribution is -0.158. The van der Waals surface area contributed by atoms with Gasteiger partial charge in [-0.1, -0.05) is 23.7 Å². The standard InChI is InChI=1S/C22H24ClNO3/c1-12-7-8-14(15-9-10-17(23)24-13(15)2)11-16(12)18-19(25)21(3,4)27-22(5,6)20(18)26/h7-11,25H,1-6H3. The van der Waals surface area contributed by atoms with Crippen LogP contribution in [0, 0.1) is 13.8 Å². The van der Waals surface area contributed by atoms with Gasteiger partial charge in [0.1, 0.15) is 22.1 Å². The monoisotopic (exact) mass is 385 g/mol. The highest BCUT2D eigenvalue weighted by atomic mass is 35.5. The molecule has 0 aliphatic carbocycles. The summed E-state index contributed by atoms with van der Waals surface area (Å²) in [6, 6.07) is 9.50. The lowest BCUT2D eigenvalue weighted by atomic mass is 9.81. The fourth-order valence-corrected chi connectivity index (χ4v) is 3.78. The summed E-state index contributed by atoms with van der Waals surface area (Å²) in [6.45, 7) is 10.8. The highest BCUT2D eigenvalue weighted by Crippen LogP contribution is 2.41. The van der Waals surface area contributed by atoms with Gasteiger partial charge in [0.05, 0.1) is 5.57 Å². The molecule has 0 saturated heterocycles. The largest absolute Gasteiger partial charge is 0.508 e. The first kappa shape index (κ1) is 19.6. The van der Waals surface area contributed by atoms with Crippen LogP contribution < -0.4 is 0 Å². The SMILES string of the molecule is Cc1ccc(-c2ccc(Cl)nc2C)cc1C1=C(O)C(C)(C)OC(C)(C)C1=O. The maximum absolute atomic E-state index is 13.1. The highest BCUT2D eigenvalue weighted by Gasteiger charge is 2.47. The number of carbonyl (C=O) groups is 1. The van der Waals surface area contributed by atoms with Crippen LogP contribution in [0.3, 0.4) is 0 Å². The summed E-state index contributed by atoms with van der Waals surface area (Å²) in [7, 11) is 0. The molecular weight excluding hydrogens is 362 g/mol. The molecule has 27 heavy (non-hydrogen) atoms. The van der Waals surface area contributed by atoms with Crippen LogP contribution in [0.25, 0.3) is 16.7 Å². The third kappa shape index (κ3) is 3.40. The molecule has 1 aromatic carbocycles. The number of ether oxygens (including phenoxy) is 1. The average Bonchev–Trinajstić information content (AvgIpc) is 2.55. The van der Waals surface area contributed by atoms with Crippen LogP contribution in [-0.2, 0) is 9.53 Å². The van der Waals surface area contributed by atoms with Crippen molar-refractivity contribution in [3.8, 4) is 11.1 Å². The molecule has 0 bridgehead atoms. The van der Waals surface area contributed by atoms with E-state index in [0.717, 1.165) is 22.4 Å². The molecular formula is C22H24ClNO3. The van der Waals surface area contributed by atoms with Crippen LogP contribution in [0.5, 0.6) is 0 Å². The fraction of sp³-hybridized carbons (Fsp3) is 0.364. The first-order valence-electron chi connectivity index (χ1n) is 8.87. The molecule has 1 N–H and O–H groups in total. The Hall–Kier alpha value is -2.17. The van der Waals surface area contributed by atoms with Gasteiger partial charge < -0.3 is 9.84 Å². The lowest BCUT2D eigenvalue weighted by Gasteiger charge is -2.40. The van der Waals surface area contributed by atoms with Crippen molar-refractivity contribution in [3.63, 3.8) is 0 Å². The maximum atomic E-state index is 13.1. The fourth-order valence-electron chi connectivity index (χ4n) is 3.59. The number of benzene rings is 1. The molecule has 5 heteroatoms.